The van der Waals surface area contributed by atoms with E-state index < -0.39 is 0 Å². The zero-order valence-electron chi connectivity index (χ0n) is 17.2. The van der Waals surface area contributed by atoms with Crippen LogP contribution in [-0.2, 0) is 4.79 Å². The van der Waals surface area contributed by atoms with Gasteiger partial charge in [-0.2, -0.15) is 0 Å². The Kier molecular flexibility index (Phi) is 10.5. The molecule has 0 aliphatic rings. The molecule has 28 heavy (non-hydrogen) atoms. The van der Waals surface area contributed by atoms with Gasteiger partial charge in [-0.3, -0.25) is 9.80 Å². The third-order valence-corrected chi connectivity index (χ3v) is 4.07. The van der Waals surface area contributed by atoms with Gasteiger partial charge < -0.3 is 15.8 Å². The number of carbonyl (C=O) groups is 2. The number of hydrazine groups is 1. The number of aldehydes is 1. The Labute approximate surface area is 167 Å². The van der Waals surface area contributed by atoms with Gasteiger partial charge in [-0.25, -0.2) is 10.4 Å². The SMILES string of the molecule is CCCC=O.CNCCN(NC)C(=O)c1cccc(-c2cnc(N)c(C)c2)c1. The van der Waals surface area contributed by atoms with Crippen molar-refractivity contribution in [2.75, 3.05) is 32.9 Å². The maximum Gasteiger partial charge on any atom is 0.268 e. The average molecular weight is 386 g/mol. The number of hydrogen-bond donors (Lipinski definition) is 3. The van der Waals surface area contributed by atoms with Crippen molar-refractivity contribution in [2.24, 2.45) is 0 Å². The van der Waals surface area contributed by atoms with E-state index >= 15 is 0 Å². The molecule has 7 nitrogen and oxygen atoms in total. The highest BCUT2D eigenvalue weighted by atomic mass is 16.2. The first-order valence-electron chi connectivity index (χ1n) is 9.38. The van der Waals surface area contributed by atoms with Crippen molar-refractivity contribution in [3.8, 4) is 11.1 Å². The van der Waals surface area contributed by atoms with Crippen molar-refractivity contribution >= 4 is 18.0 Å². The fraction of sp³-hybridized carbons (Fsp3) is 0.381. The summed E-state index contributed by atoms with van der Waals surface area (Å²) in [5, 5.41) is 4.62. The summed E-state index contributed by atoms with van der Waals surface area (Å²) in [6.45, 7) is 5.20. The molecule has 2 rings (SSSR count). The molecule has 4 N–H and O–H groups in total. The van der Waals surface area contributed by atoms with E-state index in [4.69, 9.17) is 5.73 Å². The Hall–Kier alpha value is -2.77. The number of carbonyl (C=O) groups excluding carboxylic acids is 2. The number of anilines is 1. The summed E-state index contributed by atoms with van der Waals surface area (Å²) in [5.41, 5.74) is 12.1. The number of benzene rings is 1. The number of amides is 1. The van der Waals surface area contributed by atoms with Gasteiger partial charge >= 0.3 is 0 Å². The van der Waals surface area contributed by atoms with Gasteiger partial charge in [0.2, 0.25) is 0 Å². The average Bonchev–Trinajstić information content (AvgIpc) is 2.71. The van der Waals surface area contributed by atoms with E-state index in [1.54, 1.807) is 18.3 Å². The van der Waals surface area contributed by atoms with E-state index in [2.05, 4.69) is 15.7 Å². The Morgan fingerprint density at radius 3 is 2.54 bits per heavy atom. The van der Waals surface area contributed by atoms with Gasteiger partial charge in [0, 0.05) is 37.3 Å². The first-order valence-corrected chi connectivity index (χ1v) is 9.38. The third-order valence-electron chi connectivity index (χ3n) is 4.07. The minimum atomic E-state index is -0.0651. The lowest BCUT2D eigenvalue weighted by molar-refractivity contribution is -0.107. The zero-order valence-corrected chi connectivity index (χ0v) is 17.2. The van der Waals surface area contributed by atoms with Crippen LogP contribution >= 0.6 is 0 Å². The van der Waals surface area contributed by atoms with Gasteiger partial charge in [-0.05, 0) is 49.7 Å². The summed E-state index contributed by atoms with van der Waals surface area (Å²) in [6, 6.07) is 9.50. The van der Waals surface area contributed by atoms with Crippen LogP contribution < -0.4 is 16.5 Å². The van der Waals surface area contributed by atoms with Gasteiger partial charge in [-0.15, -0.1) is 0 Å². The first-order chi connectivity index (χ1) is 13.5. The van der Waals surface area contributed by atoms with Crippen LogP contribution in [0, 0.1) is 6.92 Å². The topological polar surface area (TPSA) is 100 Å². The van der Waals surface area contributed by atoms with E-state index in [-0.39, 0.29) is 5.91 Å². The summed E-state index contributed by atoms with van der Waals surface area (Å²) in [6.07, 6.45) is 4.34. The molecule has 1 heterocycles. The maximum atomic E-state index is 12.6. The molecule has 0 atom stereocenters. The number of rotatable bonds is 8. The lowest BCUT2D eigenvalue weighted by Gasteiger charge is -2.21. The fourth-order valence-electron chi connectivity index (χ4n) is 2.39. The summed E-state index contributed by atoms with van der Waals surface area (Å²) >= 11 is 0. The highest BCUT2D eigenvalue weighted by Crippen LogP contribution is 2.23. The molecule has 0 saturated carbocycles. The molecular weight excluding hydrogens is 354 g/mol. The number of nitrogen functional groups attached to an aromatic ring is 1. The summed E-state index contributed by atoms with van der Waals surface area (Å²) in [4.78, 5) is 26.2. The number of likely N-dealkylation sites (N-methyl/N-ethyl adjacent to an activating group) is 1. The van der Waals surface area contributed by atoms with Gasteiger partial charge in [0.1, 0.15) is 12.1 Å². The second kappa shape index (κ2) is 12.6. The van der Waals surface area contributed by atoms with E-state index in [1.807, 2.05) is 51.2 Å². The zero-order chi connectivity index (χ0) is 20.9. The van der Waals surface area contributed by atoms with Crippen LogP contribution in [0.2, 0.25) is 0 Å². The molecule has 152 valence electrons. The van der Waals surface area contributed by atoms with Crippen molar-refractivity contribution in [2.45, 2.75) is 26.7 Å². The highest BCUT2D eigenvalue weighted by molar-refractivity contribution is 5.95. The van der Waals surface area contributed by atoms with E-state index in [9.17, 15) is 9.59 Å². The number of nitrogens with one attached hydrogen (secondary N) is 2. The Balaban J connectivity index is 0.000000696. The predicted molar refractivity (Wildman–Crippen MR) is 114 cm³/mol. The van der Waals surface area contributed by atoms with Crippen molar-refractivity contribution in [1.29, 1.82) is 0 Å². The number of hydrogen-bond acceptors (Lipinski definition) is 6. The van der Waals surface area contributed by atoms with Gasteiger partial charge in [0.15, 0.2) is 0 Å². The normalized spacial score (nSPS) is 10.0. The largest absolute Gasteiger partial charge is 0.383 e. The second-order valence-electron chi connectivity index (χ2n) is 6.25. The molecule has 2 aromatic rings. The Morgan fingerprint density at radius 2 is 2.00 bits per heavy atom. The summed E-state index contributed by atoms with van der Waals surface area (Å²) in [7, 11) is 3.60. The van der Waals surface area contributed by atoms with Crippen LogP contribution in [0.3, 0.4) is 0 Å². The number of aryl methyl sites for hydroxylation is 1. The molecule has 0 saturated heterocycles. The number of nitrogens with two attached hydrogens (primary N) is 1. The highest BCUT2D eigenvalue weighted by Gasteiger charge is 2.14. The number of pyridine rings is 1. The molecule has 0 spiro atoms. The molecule has 0 aliphatic heterocycles. The number of aromatic nitrogens is 1. The van der Waals surface area contributed by atoms with Crippen molar-refractivity contribution in [3.05, 3.63) is 47.7 Å². The summed E-state index contributed by atoms with van der Waals surface area (Å²) in [5.74, 6) is 0.458. The van der Waals surface area contributed by atoms with E-state index in [0.717, 1.165) is 29.4 Å². The molecular formula is C21H31N5O2. The lowest BCUT2D eigenvalue weighted by atomic mass is 10.0. The molecule has 0 bridgehead atoms. The molecule has 7 heteroatoms. The fourth-order valence-corrected chi connectivity index (χ4v) is 2.39. The monoisotopic (exact) mass is 385 g/mol. The predicted octanol–water partition coefficient (Wildman–Crippen LogP) is 2.42. The smallest absolute Gasteiger partial charge is 0.268 e. The standard InChI is InChI=1S/C17H23N5O.C4H8O/c1-12-9-15(11-21-16(12)18)13-5-4-6-14(10-13)17(23)22(20-3)8-7-19-2;1-2-3-4-5/h4-6,9-11,19-20H,7-8H2,1-3H3,(H2,18,21);4H,2-3H2,1H3. The molecule has 1 amide bonds. The molecule has 1 aromatic carbocycles. The minimum Gasteiger partial charge on any atom is -0.383 e. The van der Waals surface area contributed by atoms with Crippen molar-refractivity contribution < 1.29 is 9.59 Å². The Bertz CT molecular complexity index is 764. The van der Waals surface area contributed by atoms with Crippen LogP contribution in [-0.4, -0.2) is 49.4 Å². The van der Waals surface area contributed by atoms with Crippen molar-refractivity contribution in [1.82, 2.24) is 20.7 Å². The minimum absolute atomic E-state index is 0.0651. The Morgan fingerprint density at radius 1 is 1.25 bits per heavy atom. The van der Waals surface area contributed by atoms with Gasteiger partial charge in [-0.1, -0.05) is 19.1 Å². The van der Waals surface area contributed by atoms with Crippen LogP contribution in [0.5, 0.6) is 0 Å². The molecule has 0 aliphatic carbocycles. The quantitative estimate of drug-likeness (QED) is 0.477. The molecule has 0 unspecified atom stereocenters. The maximum absolute atomic E-state index is 12.6. The second-order valence-corrected chi connectivity index (χ2v) is 6.25. The first kappa shape index (κ1) is 23.3. The van der Waals surface area contributed by atoms with Crippen molar-refractivity contribution in [3.63, 3.8) is 0 Å². The van der Waals surface area contributed by atoms with Gasteiger partial charge in [0.25, 0.3) is 5.91 Å². The van der Waals surface area contributed by atoms with Crippen LogP contribution in [0.25, 0.3) is 11.1 Å². The van der Waals surface area contributed by atoms with Crippen LogP contribution in [0.4, 0.5) is 5.82 Å². The summed E-state index contributed by atoms with van der Waals surface area (Å²) < 4.78 is 0. The number of nitrogens with zero attached hydrogens (tertiary/aromatic N) is 2. The van der Waals surface area contributed by atoms with E-state index in [1.165, 1.54) is 0 Å². The lowest BCUT2D eigenvalue weighted by Crippen LogP contribution is -2.43. The molecule has 0 fully saturated rings. The molecule has 1 aromatic heterocycles. The third kappa shape index (κ3) is 7.09. The number of unbranched alkanes of at least 4 members (excludes halogenated alkanes) is 1. The van der Waals surface area contributed by atoms with Gasteiger partial charge in [0.05, 0.1) is 6.54 Å². The van der Waals surface area contributed by atoms with Crippen LogP contribution in [0.15, 0.2) is 36.5 Å². The van der Waals surface area contributed by atoms with E-state index in [0.29, 0.717) is 30.9 Å². The molecule has 0 radical (unpaired) electrons. The van der Waals surface area contributed by atoms with Crippen LogP contribution in [0.1, 0.15) is 35.7 Å².